The molecule has 0 aromatic rings. The third kappa shape index (κ3) is 5.07. The van der Waals surface area contributed by atoms with Gasteiger partial charge in [-0.05, 0) is 6.42 Å². The van der Waals surface area contributed by atoms with E-state index in [0.717, 1.165) is 19.2 Å². The molecule has 0 N–H and O–H groups in total. The van der Waals surface area contributed by atoms with Crippen LogP contribution < -0.4 is 0 Å². The van der Waals surface area contributed by atoms with Gasteiger partial charge in [0.15, 0.2) is 9.84 Å². The topological polar surface area (TPSA) is 46.6 Å². The van der Waals surface area contributed by atoms with Gasteiger partial charge in [0.2, 0.25) is 0 Å². The van der Waals surface area contributed by atoms with Gasteiger partial charge in [0.05, 0.1) is 10.9 Å². The van der Waals surface area contributed by atoms with E-state index in [1.165, 1.54) is 7.11 Å². The molecule has 0 heterocycles. The van der Waals surface area contributed by atoms with Gasteiger partial charge >= 0.3 is 0 Å². The van der Waals surface area contributed by atoms with Crippen molar-refractivity contribution in [3.05, 3.63) is 24.1 Å². The van der Waals surface area contributed by atoms with Crippen molar-refractivity contribution in [2.75, 3.05) is 19.9 Å². The second-order valence-corrected chi connectivity index (χ2v) is 7.05. The molecule has 0 saturated heterocycles. The predicted molar refractivity (Wildman–Crippen MR) is 79.8 cm³/mol. The summed E-state index contributed by atoms with van der Waals surface area (Å²) in [6.45, 7) is 10.2. The second kappa shape index (κ2) is 7.50. The molecule has 0 rings (SSSR count). The van der Waals surface area contributed by atoms with E-state index >= 15 is 0 Å². The Morgan fingerprint density at radius 3 is 2.41 bits per heavy atom. The number of nitrogens with zero attached hydrogens (tertiary/aromatic N) is 1. The fourth-order valence-corrected chi connectivity index (χ4v) is 3.08. The highest BCUT2D eigenvalue weighted by Gasteiger charge is 2.30. The van der Waals surface area contributed by atoms with Crippen molar-refractivity contribution in [2.45, 2.75) is 25.5 Å². The van der Waals surface area contributed by atoms with Gasteiger partial charge in [-0.2, -0.15) is 0 Å². The number of sulfone groups is 1. The van der Waals surface area contributed by atoms with Crippen molar-refractivity contribution >= 4 is 32.7 Å². The molecule has 17 heavy (non-hydrogen) atoms. The maximum absolute atomic E-state index is 11.5. The van der Waals surface area contributed by atoms with Gasteiger partial charge in [-0.1, -0.05) is 19.6 Å². The molecule has 0 amide bonds. The Morgan fingerprint density at radius 1 is 1.59 bits per heavy atom. The molecule has 0 saturated carbocycles. The Bertz CT molecular complexity index is 367. The normalized spacial score (nSPS) is 15.6. The van der Waals surface area contributed by atoms with Crippen LogP contribution in [0.25, 0.3) is 0 Å². The van der Waals surface area contributed by atoms with Crippen LogP contribution in [0.1, 0.15) is 13.3 Å². The molecule has 0 aliphatic carbocycles. The summed E-state index contributed by atoms with van der Waals surface area (Å²) in [5.41, 5.74) is 0. The van der Waals surface area contributed by atoms with Crippen LogP contribution in [0.4, 0.5) is 0 Å². The summed E-state index contributed by atoms with van der Waals surface area (Å²) in [6.07, 6.45) is 3.20. The van der Waals surface area contributed by atoms with Gasteiger partial charge in [0.25, 0.3) is 0 Å². The van der Waals surface area contributed by atoms with Crippen molar-refractivity contribution in [1.82, 2.24) is 3.11 Å². The van der Waals surface area contributed by atoms with Crippen LogP contribution in [0.15, 0.2) is 24.1 Å². The second-order valence-electron chi connectivity index (χ2n) is 3.74. The lowest BCUT2D eigenvalue weighted by molar-refractivity contribution is 0.0992. The van der Waals surface area contributed by atoms with E-state index < -0.39 is 15.9 Å². The smallest absolute Gasteiger partial charge is 0.173 e. The molecule has 0 radical (unpaired) electrons. The zero-order chi connectivity index (χ0) is 13.6. The molecule has 0 spiro atoms. The van der Waals surface area contributed by atoms with Gasteiger partial charge < -0.3 is 4.74 Å². The third-order valence-electron chi connectivity index (χ3n) is 2.36. The summed E-state index contributed by atoms with van der Waals surface area (Å²) in [6, 6.07) is -0.206. The Balaban J connectivity index is 5.07. The lowest BCUT2D eigenvalue weighted by atomic mass is 10.1. The number of rotatable bonds is 8. The fraction of sp³-hybridized carbons (Fsp3) is 0.636. The first-order valence-corrected chi connectivity index (χ1v) is 8.11. The quantitative estimate of drug-likeness (QED) is 0.372. The Kier molecular flexibility index (Phi) is 7.54. The van der Waals surface area contributed by atoms with Gasteiger partial charge in [-0.15, -0.1) is 6.58 Å². The fourth-order valence-electron chi connectivity index (χ4n) is 1.42. The number of halogens is 1. The standard InChI is InChI=1S/C11H20INO3S/c1-6-8-13(12)10(7-2)11(16-4)9(3)17(5,14)15/h7,10-11H,2-3,6,8H2,1,4-5H3/t10-,11+/m1/s1. The average Bonchev–Trinajstić information content (AvgIpc) is 2.23. The highest BCUT2D eigenvalue weighted by Crippen LogP contribution is 2.22. The first-order valence-electron chi connectivity index (χ1n) is 5.26. The van der Waals surface area contributed by atoms with Crippen LogP contribution in [0.2, 0.25) is 0 Å². The van der Waals surface area contributed by atoms with Crippen LogP contribution in [0, 0.1) is 0 Å². The summed E-state index contributed by atoms with van der Waals surface area (Å²) in [7, 11) is -1.83. The molecule has 0 unspecified atom stereocenters. The van der Waals surface area contributed by atoms with Crippen LogP contribution in [-0.4, -0.2) is 43.6 Å². The van der Waals surface area contributed by atoms with E-state index in [1.54, 1.807) is 6.08 Å². The van der Waals surface area contributed by atoms with Crippen molar-refractivity contribution in [2.24, 2.45) is 0 Å². The van der Waals surface area contributed by atoms with Crippen molar-refractivity contribution in [1.29, 1.82) is 0 Å². The zero-order valence-electron chi connectivity index (χ0n) is 10.5. The van der Waals surface area contributed by atoms with E-state index in [9.17, 15) is 8.42 Å². The molecule has 0 aromatic heterocycles. The van der Waals surface area contributed by atoms with E-state index in [-0.39, 0.29) is 10.9 Å². The van der Waals surface area contributed by atoms with Crippen LogP contribution in [-0.2, 0) is 14.6 Å². The molecule has 2 atom stereocenters. The molecule has 0 bridgehead atoms. The van der Waals surface area contributed by atoms with Crippen molar-refractivity contribution in [3.8, 4) is 0 Å². The maximum Gasteiger partial charge on any atom is 0.173 e. The lowest BCUT2D eigenvalue weighted by Crippen LogP contribution is -2.40. The predicted octanol–water partition coefficient (Wildman–Crippen LogP) is 2.18. The number of hydrogen-bond donors (Lipinski definition) is 0. The molecule has 6 heteroatoms. The van der Waals surface area contributed by atoms with Crippen LogP contribution in [0.5, 0.6) is 0 Å². The SMILES string of the molecule is C=C[C@H]([C@@H](OC)C(=C)S(C)(=O)=O)N(I)CCC. The monoisotopic (exact) mass is 373 g/mol. The molecule has 0 aliphatic heterocycles. The molecular formula is C11H20INO3S. The zero-order valence-corrected chi connectivity index (χ0v) is 13.5. The summed E-state index contributed by atoms with van der Waals surface area (Å²) in [5.74, 6) is 0. The number of hydrogen-bond acceptors (Lipinski definition) is 4. The van der Waals surface area contributed by atoms with E-state index in [0.29, 0.717) is 0 Å². The molecule has 0 aromatic carbocycles. The molecule has 4 nitrogen and oxygen atoms in total. The minimum absolute atomic E-state index is 0.0858. The Labute approximate surface area is 118 Å². The van der Waals surface area contributed by atoms with Gasteiger partial charge in [-0.25, -0.2) is 11.5 Å². The van der Waals surface area contributed by atoms with Crippen molar-refractivity contribution in [3.63, 3.8) is 0 Å². The first-order chi connectivity index (χ1) is 7.79. The minimum Gasteiger partial charge on any atom is -0.374 e. The first kappa shape index (κ1) is 17.1. The van der Waals surface area contributed by atoms with E-state index in [2.05, 4.69) is 42.9 Å². The number of methoxy groups -OCH3 is 1. The molecule has 0 aliphatic rings. The van der Waals surface area contributed by atoms with Crippen molar-refractivity contribution < 1.29 is 13.2 Å². The molecule has 100 valence electrons. The molecule has 0 fully saturated rings. The van der Waals surface area contributed by atoms with Gasteiger partial charge in [0, 0.05) is 42.8 Å². The Hall–Kier alpha value is 0.0800. The largest absolute Gasteiger partial charge is 0.374 e. The summed E-state index contributed by atoms with van der Waals surface area (Å²) in [4.78, 5) is 0.0858. The summed E-state index contributed by atoms with van der Waals surface area (Å²) >= 11 is 2.15. The van der Waals surface area contributed by atoms with Crippen LogP contribution >= 0.6 is 22.9 Å². The van der Waals surface area contributed by atoms with E-state index in [4.69, 9.17) is 4.74 Å². The van der Waals surface area contributed by atoms with Gasteiger partial charge in [-0.3, -0.25) is 0 Å². The molecular weight excluding hydrogens is 353 g/mol. The van der Waals surface area contributed by atoms with Crippen LogP contribution in [0.3, 0.4) is 0 Å². The number of ether oxygens (including phenoxy) is 1. The third-order valence-corrected chi connectivity index (χ3v) is 4.67. The lowest BCUT2D eigenvalue weighted by Gasteiger charge is -2.30. The highest BCUT2D eigenvalue weighted by atomic mass is 127. The average molecular weight is 373 g/mol. The van der Waals surface area contributed by atoms with Gasteiger partial charge in [0.1, 0.15) is 6.10 Å². The minimum atomic E-state index is -3.31. The highest BCUT2D eigenvalue weighted by molar-refractivity contribution is 14.1. The summed E-state index contributed by atoms with van der Waals surface area (Å²) in [5, 5.41) is 0. The maximum atomic E-state index is 11.5. The Morgan fingerprint density at radius 2 is 2.12 bits per heavy atom. The summed E-state index contributed by atoms with van der Waals surface area (Å²) < 4.78 is 30.2. The van der Waals surface area contributed by atoms with E-state index in [1.807, 2.05) is 3.11 Å².